The summed E-state index contributed by atoms with van der Waals surface area (Å²) in [6.07, 6.45) is 12.8. The van der Waals surface area contributed by atoms with Crippen LogP contribution in [0.4, 0.5) is 4.79 Å². The molecule has 2 aromatic heterocycles. The Bertz CT molecular complexity index is 1140. The molecule has 2 amide bonds. The Balaban J connectivity index is 1.13. The molecule has 4 aliphatic rings. The Hall–Kier alpha value is -2.55. The molecule has 7 nitrogen and oxygen atoms in total. The van der Waals surface area contributed by atoms with E-state index in [-0.39, 0.29) is 6.03 Å². The number of rotatable bonds is 5. The van der Waals surface area contributed by atoms with Gasteiger partial charge in [-0.1, -0.05) is 25.0 Å². The van der Waals surface area contributed by atoms with Crippen molar-refractivity contribution in [2.45, 2.75) is 51.1 Å². The van der Waals surface area contributed by atoms with Crippen molar-refractivity contribution >= 4 is 22.9 Å². The van der Waals surface area contributed by atoms with Gasteiger partial charge in [0.15, 0.2) is 0 Å². The van der Waals surface area contributed by atoms with Gasteiger partial charge in [-0.3, -0.25) is 9.88 Å². The highest BCUT2D eigenvalue weighted by atomic mass is 32.1. The molecule has 8 heteroatoms. The zero-order valence-electron chi connectivity index (χ0n) is 20.2. The average Bonchev–Trinajstić information content (AvgIpc) is 3.66. The average molecular weight is 492 g/mol. The predicted molar refractivity (Wildman–Crippen MR) is 138 cm³/mol. The van der Waals surface area contributed by atoms with E-state index in [9.17, 15) is 4.79 Å². The standard InChI is InChI=1S/C27H33N5O2S/c33-27(29-20-3-1-2-4-20)32-11-9-19(10-12-32)22-6-7-23-26(22)30-24(17-28-23)25-8-5-21(35-25)18-31-13-15-34-16-14-31/h5-6,8-9,17,20H,1-4,7,10-16,18H2,(H,29,33). The summed E-state index contributed by atoms with van der Waals surface area (Å²) in [7, 11) is 0. The Morgan fingerprint density at radius 3 is 2.80 bits per heavy atom. The number of allylic oxidation sites excluding steroid dienone is 2. The van der Waals surface area contributed by atoms with E-state index in [4.69, 9.17) is 14.7 Å². The fourth-order valence-electron chi connectivity index (χ4n) is 5.49. The fraction of sp³-hybridized carbons (Fsp3) is 0.519. The van der Waals surface area contributed by atoms with Gasteiger partial charge in [-0.05, 0) is 37.0 Å². The number of hydrogen-bond acceptors (Lipinski definition) is 6. The Morgan fingerprint density at radius 2 is 2.00 bits per heavy atom. The maximum absolute atomic E-state index is 12.7. The van der Waals surface area contributed by atoms with Crippen molar-refractivity contribution in [1.29, 1.82) is 0 Å². The minimum atomic E-state index is 0.0839. The minimum absolute atomic E-state index is 0.0839. The van der Waals surface area contributed by atoms with E-state index < -0.39 is 0 Å². The third kappa shape index (κ3) is 5.06. The van der Waals surface area contributed by atoms with E-state index in [2.05, 4.69) is 34.5 Å². The number of fused-ring (bicyclic) bond motifs is 1. The molecule has 0 unspecified atom stereocenters. The van der Waals surface area contributed by atoms with Gasteiger partial charge in [0.1, 0.15) is 0 Å². The summed E-state index contributed by atoms with van der Waals surface area (Å²) in [5.41, 5.74) is 5.51. The maximum Gasteiger partial charge on any atom is 0.317 e. The summed E-state index contributed by atoms with van der Waals surface area (Å²) in [6, 6.07) is 4.84. The Morgan fingerprint density at radius 1 is 1.14 bits per heavy atom. The molecule has 0 atom stereocenters. The zero-order valence-corrected chi connectivity index (χ0v) is 21.0. The van der Waals surface area contributed by atoms with Crippen LogP contribution in [0.5, 0.6) is 0 Å². The van der Waals surface area contributed by atoms with Crippen molar-refractivity contribution in [3.8, 4) is 10.6 Å². The van der Waals surface area contributed by atoms with E-state index in [1.165, 1.54) is 33.7 Å². The number of nitrogens with one attached hydrogen (secondary N) is 1. The summed E-state index contributed by atoms with van der Waals surface area (Å²) < 4.78 is 5.47. The van der Waals surface area contributed by atoms with Gasteiger partial charge in [0.2, 0.25) is 0 Å². The number of urea groups is 1. The quantitative estimate of drug-likeness (QED) is 0.677. The first kappa shape index (κ1) is 22.9. The van der Waals surface area contributed by atoms with Crippen molar-refractivity contribution < 1.29 is 9.53 Å². The summed E-state index contributed by atoms with van der Waals surface area (Å²) in [4.78, 5) is 29.4. The number of ether oxygens (including phenoxy) is 1. The lowest BCUT2D eigenvalue weighted by atomic mass is 9.98. The highest BCUT2D eigenvalue weighted by Gasteiger charge is 2.26. The van der Waals surface area contributed by atoms with E-state index in [0.29, 0.717) is 12.6 Å². The van der Waals surface area contributed by atoms with Gasteiger partial charge in [0.05, 0.1) is 41.4 Å². The third-order valence-corrected chi connectivity index (χ3v) is 8.62. The molecule has 2 aliphatic carbocycles. The van der Waals surface area contributed by atoms with Gasteiger partial charge < -0.3 is 15.0 Å². The van der Waals surface area contributed by atoms with Crippen molar-refractivity contribution in [3.05, 3.63) is 52.3 Å². The highest BCUT2D eigenvalue weighted by molar-refractivity contribution is 7.15. The normalized spacial score (nSPS) is 21.1. The number of nitrogens with zero attached hydrogens (tertiary/aromatic N) is 4. The first-order chi connectivity index (χ1) is 17.2. The molecule has 0 spiro atoms. The second kappa shape index (κ2) is 10.2. The van der Waals surface area contributed by atoms with Crippen LogP contribution in [0.1, 0.15) is 48.4 Å². The number of morpholine rings is 1. The first-order valence-corrected chi connectivity index (χ1v) is 13.7. The summed E-state index contributed by atoms with van der Waals surface area (Å²) >= 11 is 1.81. The van der Waals surface area contributed by atoms with E-state index in [1.807, 2.05) is 22.4 Å². The van der Waals surface area contributed by atoms with Crippen LogP contribution in [-0.2, 0) is 17.7 Å². The number of carbonyl (C=O) groups excluding carboxylic acids is 1. The van der Waals surface area contributed by atoms with Crippen LogP contribution in [0.15, 0.2) is 36.1 Å². The molecule has 1 N–H and O–H groups in total. The molecule has 0 aromatic carbocycles. The lowest BCUT2D eigenvalue weighted by Gasteiger charge is -2.28. The van der Waals surface area contributed by atoms with Crippen molar-refractivity contribution in [2.24, 2.45) is 0 Å². The van der Waals surface area contributed by atoms with Gasteiger partial charge in [-0.2, -0.15) is 0 Å². The monoisotopic (exact) mass is 491 g/mol. The molecule has 2 aliphatic heterocycles. The van der Waals surface area contributed by atoms with Crippen LogP contribution in [-0.4, -0.2) is 71.2 Å². The van der Waals surface area contributed by atoms with Gasteiger partial charge >= 0.3 is 6.03 Å². The number of thiophene rings is 1. The second-order valence-electron chi connectivity index (χ2n) is 9.88. The van der Waals surface area contributed by atoms with Crippen LogP contribution in [0, 0.1) is 0 Å². The third-order valence-electron chi connectivity index (χ3n) is 7.53. The van der Waals surface area contributed by atoms with Crippen LogP contribution >= 0.6 is 11.3 Å². The minimum Gasteiger partial charge on any atom is -0.379 e. The maximum atomic E-state index is 12.7. The second-order valence-corrected chi connectivity index (χ2v) is 11.1. The molecule has 2 fully saturated rings. The van der Waals surface area contributed by atoms with Crippen LogP contribution < -0.4 is 5.32 Å². The number of aromatic nitrogens is 2. The SMILES string of the molecule is O=C(NC1CCCC1)N1CC=C(C2=CCc3ncc(-c4ccc(CN5CCOCC5)s4)nc32)CC1. The zero-order chi connectivity index (χ0) is 23.6. The van der Waals surface area contributed by atoms with Gasteiger partial charge in [-0.25, -0.2) is 9.78 Å². The van der Waals surface area contributed by atoms with Crippen LogP contribution in [0.2, 0.25) is 0 Å². The van der Waals surface area contributed by atoms with E-state index in [0.717, 1.165) is 82.2 Å². The molecule has 6 rings (SSSR count). The molecule has 0 radical (unpaired) electrons. The van der Waals surface area contributed by atoms with Crippen molar-refractivity contribution in [2.75, 3.05) is 39.4 Å². The highest BCUT2D eigenvalue weighted by Crippen LogP contribution is 2.36. The first-order valence-electron chi connectivity index (χ1n) is 12.9. The molecular formula is C27H33N5O2S. The molecular weight excluding hydrogens is 458 g/mol. The van der Waals surface area contributed by atoms with Gasteiger partial charge in [0, 0.05) is 55.6 Å². The predicted octanol–water partition coefficient (Wildman–Crippen LogP) is 4.26. The molecule has 1 saturated heterocycles. The van der Waals surface area contributed by atoms with Crippen LogP contribution in [0.25, 0.3) is 16.1 Å². The Labute approximate surface area is 210 Å². The van der Waals surface area contributed by atoms with Gasteiger partial charge in [0.25, 0.3) is 0 Å². The van der Waals surface area contributed by atoms with E-state index >= 15 is 0 Å². The van der Waals surface area contributed by atoms with Crippen molar-refractivity contribution in [1.82, 2.24) is 25.1 Å². The number of hydrogen-bond donors (Lipinski definition) is 1. The van der Waals surface area contributed by atoms with Gasteiger partial charge in [-0.15, -0.1) is 11.3 Å². The summed E-state index contributed by atoms with van der Waals surface area (Å²) in [6.45, 7) is 6.01. The summed E-state index contributed by atoms with van der Waals surface area (Å²) in [5, 5.41) is 3.21. The molecule has 0 bridgehead atoms. The number of carbonyl (C=O) groups is 1. The number of amides is 2. The topological polar surface area (TPSA) is 70.6 Å². The van der Waals surface area contributed by atoms with Crippen LogP contribution in [0.3, 0.4) is 0 Å². The smallest absolute Gasteiger partial charge is 0.317 e. The lowest BCUT2D eigenvalue weighted by molar-refractivity contribution is 0.0346. The lowest BCUT2D eigenvalue weighted by Crippen LogP contribution is -2.45. The van der Waals surface area contributed by atoms with Crippen molar-refractivity contribution in [3.63, 3.8) is 0 Å². The van der Waals surface area contributed by atoms with E-state index in [1.54, 1.807) is 0 Å². The molecule has 4 heterocycles. The molecule has 35 heavy (non-hydrogen) atoms. The summed E-state index contributed by atoms with van der Waals surface area (Å²) in [5.74, 6) is 0. The molecule has 184 valence electrons. The fourth-order valence-corrected chi connectivity index (χ4v) is 6.50. The largest absolute Gasteiger partial charge is 0.379 e. The molecule has 1 saturated carbocycles. The molecule has 2 aromatic rings. The Kier molecular flexibility index (Phi) is 6.67.